The molecule has 0 aliphatic heterocycles. The van der Waals surface area contributed by atoms with Crippen molar-refractivity contribution in [2.45, 2.75) is 6.04 Å². The molecule has 6 nitrogen and oxygen atoms in total. The number of rotatable bonds is 4. The highest BCUT2D eigenvalue weighted by molar-refractivity contribution is 5.92. The van der Waals surface area contributed by atoms with Crippen LogP contribution in [0.3, 0.4) is 0 Å². The number of aliphatic hydroxyl groups excluding tert-OH is 1. The molecule has 0 bridgehead atoms. The maximum Gasteiger partial charge on any atom is 0.274 e. The number of aromatic amines is 1. The molecular formula is C11H12N4O2. The summed E-state index contributed by atoms with van der Waals surface area (Å²) in [5, 5.41) is 21.5. The molecule has 2 rings (SSSR count). The van der Waals surface area contributed by atoms with Gasteiger partial charge in [0.15, 0.2) is 5.69 Å². The molecule has 1 amide bonds. The van der Waals surface area contributed by atoms with Crippen LogP contribution in [0.2, 0.25) is 0 Å². The number of aliphatic hydroxyl groups is 1. The molecule has 2 aromatic rings. The van der Waals surface area contributed by atoms with E-state index in [0.29, 0.717) is 0 Å². The highest BCUT2D eigenvalue weighted by Crippen LogP contribution is 2.11. The number of carbonyl (C=O) groups is 1. The predicted molar refractivity (Wildman–Crippen MR) is 60.1 cm³/mol. The number of hydrogen-bond acceptors (Lipinski definition) is 4. The molecule has 0 spiro atoms. The highest BCUT2D eigenvalue weighted by atomic mass is 16.3. The fourth-order valence-corrected chi connectivity index (χ4v) is 1.46. The van der Waals surface area contributed by atoms with Crippen LogP contribution in [0.15, 0.2) is 36.5 Å². The normalized spacial score (nSPS) is 12.1. The summed E-state index contributed by atoms with van der Waals surface area (Å²) >= 11 is 0. The van der Waals surface area contributed by atoms with E-state index in [2.05, 4.69) is 20.7 Å². The van der Waals surface area contributed by atoms with Crippen LogP contribution < -0.4 is 5.32 Å². The molecule has 88 valence electrons. The van der Waals surface area contributed by atoms with E-state index in [1.54, 1.807) is 0 Å². The summed E-state index contributed by atoms with van der Waals surface area (Å²) in [5.74, 6) is -0.373. The molecule has 3 N–H and O–H groups in total. The number of amides is 1. The molecule has 0 fully saturated rings. The molecule has 1 heterocycles. The monoisotopic (exact) mass is 232 g/mol. The maximum atomic E-state index is 11.7. The van der Waals surface area contributed by atoms with Crippen molar-refractivity contribution in [3.05, 3.63) is 47.8 Å². The Labute approximate surface area is 97.7 Å². The minimum atomic E-state index is -0.444. The number of H-pyrrole nitrogens is 1. The van der Waals surface area contributed by atoms with Crippen LogP contribution in [0.4, 0.5) is 0 Å². The zero-order valence-corrected chi connectivity index (χ0v) is 9.00. The van der Waals surface area contributed by atoms with Gasteiger partial charge >= 0.3 is 0 Å². The lowest BCUT2D eigenvalue weighted by Gasteiger charge is -2.15. The Morgan fingerprint density at radius 3 is 2.76 bits per heavy atom. The van der Waals surface area contributed by atoms with Gasteiger partial charge in [-0.2, -0.15) is 15.4 Å². The van der Waals surface area contributed by atoms with E-state index in [1.807, 2.05) is 30.3 Å². The topological polar surface area (TPSA) is 90.9 Å². The van der Waals surface area contributed by atoms with Gasteiger partial charge in [0.2, 0.25) is 0 Å². The second-order valence-corrected chi connectivity index (χ2v) is 3.47. The summed E-state index contributed by atoms with van der Waals surface area (Å²) in [7, 11) is 0. The Morgan fingerprint density at radius 1 is 1.41 bits per heavy atom. The molecule has 0 unspecified atom stereocenters. The Hall–Kier alpha value is -2.21. The first-order chi connectivity index (χ1) is 8.31. The summed E-state index contributed by atoms with van der Waals surface area (Å²) in [6.45, 7) is -0.173. The summed E-state index contributed by atoms with van der Waals surface area (Å²) in [6, 6.07) is 8.80. The number of hydrogen-bond donors (Lipinski definition) is 3. The van der Waals surface area contributed by atoms with Crippen LogP contribution in [0, 0.1) is 0 Å². The van der Waals surface area contributed by atoms with Crippen LogP contribution in [0.25, 0.3) is 0 Å². The van der Waals surface area contributed by atoms with E-state index in [4.69, 9.17) is 0 Å². The molecule has 0 saturated heterocycles. The number of nitrogens with zero attached hydrogens (tertiary/aromatic N) is 2. The van der Waals surface area contributed by atoms with E-state index in [9.17, 15) is 9.90 Å². The highest BCUT2D eigenvalue weighted by Gasteiger charge is 2.16. The molecule has 0 aliphatic carbocycles. The molecular weight excluding hydrogens is 220 g/mol. The van der Waals surface area contributed by atoms with Crippen LogP contribution in [0.1, 0.15) is 22.1 Å². The van der Waals surface area contributed by atoms with Gasteiger partial charge in [0.05, 0.1) is 18.8 Å². The largest absolute Gasteiger partial charge is 0.394 e. The third-order valence-electron chi connectivity index (χ3n) is 2.34. The molecule has 0 radical (unpaired) electrons. The van der Waals surface area contributed by atoms with Gasteiger partial charge in [-0.25, -0.2) is 0 Å². The van der Waals surface area contributed by atoms with Crippen molar-refractivity contribution in [3.8, 4) is 0 Å². The summed E-state index contributed by atoms with van der Waals surface area (Å²) in [6.07, 6.45) is 1.33. The lowest BCUT2D eigenvalue weighted by molar-refractivity contribution is 0.0911. The number of nitrogens with one attached hydrogen (secondary N) is 2. The average Bonchev–Trinajstić information content (AvgIpc) is 2.90. The summed E-state index contributed by atoms with van der Waals surface area (Å²) in [5.41, 5.74) is 1.03. The third-order valence-corrected chi connectivity index (χ3v) is 2.34. The predicted octanol–water partition coefficient (Wildman–Crippen LogP) is 0.268. The van der Waals surface area contributed by atoms with E-state index < -0.39 is 6.04 Å². The average molecular weight is 232 g/mol. The van der Waals surface area contributed by atoms with Gasteiger partial charge in [0, 0.05) is 0 Å². The molecule has 1 atom stereocenters. The fraction of sp³-hybridized carbons (Fsp3) is 0.182. The van der Waals surface area contributed by atoms with E-state index in [1.165, 1.54) is 6.20 Å². The SMILES string of the molecule is O=C(N[C@@H](CO)c1ccccc1)c1cn[nH]n1. The standard InChI is InChI=1S/C11H12N4O2/c16-7-10(8-4-2-1-3-5-8)13-11(17)9-6-12-15-14-9/h1-6,10,16H,7H2,(H,13,17)(H,12,14,15)/t10-/m0/s1. The molecule has 1 aromatic heterocycles. The number of carbonyl (C=O) groups excluding carboxylic acids is 1. The summed E-state index contributed by atoms with van der Waals surface area (Å²) < 4.78 is 0. The quantitative estimate of drug-likeness (QED) is 0.705. The van der Waals surface area contributed by atoms with Gasteiger partial charge in [-0.1, -0.05) is 30.3 Å². The first-order valence-corrected chi connectivity index (χ1v) is 5.13. The molecule has 17 heavy (non-hydrogen) atoms. The second-order valence-electron chi connectivity index (χ2n) is 3.47. The second kappa shape index (κ2) is 5.22. The Bertz CT molecular complexity index is 469. The van der Waals surface area contributed by atoms with Gasteiger partial charge in [-0.05, 0) is 5.56 Å². The third kappa shape index (κ3) is 2.67. The number of benzene rings is 1. The zero-order valence-electron chi connectivity index (χ0n) is 9.00. The van der Waals surface area contributed by atoms with E-state index >= 15 is 0 Å². The van der Waals surface area contributed by atoms with Gasteiger partial charge in [-0.3, -0.25) is 4.79 Å². The van der Waals surface area contributed by atoms with Gasteiger partial charge in [0.25, 0.3) is 5.91 Å². The first kappa shape index (κ1) is 11.3. The van der Waals surface area contributed by atoms with Crippen LogP contribution in [0.5, 0.6) is 0 Å². The minimum Gasteiger partial charge on any atom is -0.394 e. The Morgan fingerprint density at radius 2 is 2.18 bits per heavy atom. The van der Waals surface area contributed by atoms with Crippen molar-refractivity contribution in [3.63, 3.8) is 0 Å². The van der Waals surface area contributed by atoms with Crippen molar-refractivity contribution in [1.29, 1.82) is 0 Å². The smallest absolute Gasteiger partial charge is 0.274 e. The van der Waals surface area contributed by atoms with Crippen LogP contribution in [-0.2, 0) is 0 Å². The van der Waals surface area contributed by atoms with Crippen LogP contribution in [-0.4, -0.2) is 33.0 Å². The van der Waals surface area contributed by atoms with Crippen LogP contribution >= 0.6 is 0 Å². The van der Waals surface area contributed by atoms with E-state index in [0.717, 1.165) is 5.56 Å². The molecule has 1 aromatic carbocycles. The Kier molecular flexibility index (Phi) is 3.46. The van der Waals surface area contributed by atoms with Crippen molar-refractivity contribution in [1.82, 2.24) is 20.7 Å². The van der Waals surface area contributed by atoms with Gasteiger partial charge in [0.1, 0.15) is 0 Å². The van der Waals surface area contributed by atoms with Crippen molar-refractivity contribution in [2.75, 3.05) is 6.61 Å². The first-order valence-electron chi connectivity index (χ1n) is 5.13. The van der Waals surface area contributed by atoms with Crippen molar-refractivity contribution >= 4 is 5.91 Å². The van der Waals surface area contributed by atoms with Gasteiger partial charge in [-0.15, -0.1) is 0 Å². The maximum absolute atomic E-state index is 11.7. The zero-order chi connectivity index (χ0) is 12.1. The van der Waals surface area contributed by atoms with Crippen molar-refractivity contribution < 1.29 is 9.90 Å². The van der Waals surface area contributed by atoms with Gasteiger partial charge < -0.3 is 10.4 Å². The Balaban J connectivity index is 2.09. The molecule has 6 heteroatoms. The minimum absolute atomic E-state index is 0.173. The fourth-order valence-electron chi connectivity index (χ4n) is 1.46. The van der Waals surface area contributed by atoms with Crippen molar-refractivity contribution in [2.24, 2.45) is 0 Å². The lowest BCUT2D eigenvalue weighted by atomic mass is 10.1. The molecule has 0 saturated carbocycles. The molecule has 0 aliphatic rings. The van der Waals surface area contributed by atoms with E-state index in [-0.39, 0.29) is 18.2 Å². The summed E-state index contributed by atoms with van der Waals surface area (Å²) in [4.78, 5) is 11.7. The number of aromatic nitrogens is 3. The lowest BCUT2D eigenvalue weighted by Crippen LogP contribution is -2.31.